The Bertz CT molecular complexity index is 461. The fourth-order valence-electron chi connectivity index (χ4n) is 2.76. The van der Waals surface area contributed by atoms with Gasteiger partial charge in [-0.2, -0.15) is 0 Å². The fraction of sp³-hybridized carbons (Fsp3) is 0.533. The van der Waals surface area contributed by atoms with Crippen LogP contribution in [0.25, 0.3) is 0 Å². The second-order valence-corrected chi connectivity index (χ2v) is 5.56. The molecule has 1 heterocycles. The molecule has 0 atom stereocenters. The van der Waals surface area contributed by atoms with Gasteiger partial charge in [0.25, 0.3) is 0 Å². The first-order chi connectivity index (χ1) is 8.99. The third-order valence-corrected chi connectivity index (χ3v) is 4.14. The SMILES string of the molecule is Cc1cc(N(C)C2CCN(C)CC2)ccc1C(=N)N. The molecule has 19 heavy (non-hydrogen) atoms. The van der Waals surface area contributed by atoms with E-state index in [9.17, 15) is 0 Å². The van der Waals surface area contributed by atoms with E-state index in [-0.39, 0.29) is 5.84 Å². The van der Waals surface area contributed by atoms with Crippen molar-refractivity contribution in [2.45, 2.75) is 25.8 Å². The summed E-state index contributed by atoms with van der Waals surface area (Å²) in [6.45, 7) is 4.35. The number of nitrogens with one attached hydrogen (secondary N) is 1. The van der Waals surface area contributed by atoms with Gasteiger partial charge in [-0.25, -0.2) is 0 Å². The molecular formula is C15H24N4. The van der Waals surface area contributed by atoms with Crippen LogP contribution in [0.5, 0.6) is 0 Å². The van der Waals surface area contributed by atoms with Crippen LogP contribution in [0.4, 0.5) is 5.69 Å². The largest absolute Gasteiger partial charge is 0.384 e. The molecule has 1 fully saturated rings. The van der Waals surface area contributed by atoms with Crippen molar-refractivity contribution in [3.05, 3.63) is 29.3 Å². The van der Waals surface area contributed by atoms with Crippen LogP contribution in [0, 0.1) is 12.3 Å². The molecule has 4 heteroatoms. The molecule has 0 spiro atoms. The molecule has 2 rings (SSSR count). The normalized spacial score (nSPS) is 17.4. The predicted octanol–water partition coefficient (Wildman–Crippen LogP) is 1.81. The number of hydrogen-bond acceptors (Lipinski definition) is 3. The predicted molar refractivity (Wildman–Crippen MR) is 81.1 cm³/mol. The maximum atomic E-state index is 7.53. The Morgan fingerprint density at radius 1 is 1.37 bits per heavy atom. The first-order valence-electron chi connectivity index (χ1n) is 6.85. The number of hydrogen-bond donors (Lipinski definition) is 2. The van der Waals surface area contributed by atoms with E-state index in [1.54, 1.807) is 0 Å². The summed E-state index contributed by atoms with van der Waals surface area (Å²) in [5.41, 5.74) is 8.69. The second kappa shape index (κ2) is 5.61. The number of nitrogens with two attached hydrogens (primary N) is 1. The molecule has 1 aliphatic rings. The molecule has 0 bridgehead atoms. The Morgan fingerprint density at radius 2 is 2.00 bits per heavy atom. The van der Waals surface area contributed by atoms with Crippen molar-refractivity contribution in [3.63, 3.8) is 0 Å². The highest BCUT2D eigenvalue weighted by molar-refractivity contribution is 5.96. The van der Waals surface area contributed by atoms with Gasteiger partial charge in [0.05, 0.1) is 0 Å². The number of nitrogens with zero attached hydrogens (tertiary/aromatic N) is 2. The smallest absolute Gasteiger partial charge is 0.123 e. The molecule has 1 aliphatic heterocycles. The lowest BCUT2D eigenvalue weighted by atomic mass is 10.0. The number of benzene rings is 1. The summed E-state index contributed by atoms with van der Waals surface area (Å²) < 4.78 is 0. The van der Waals surface area contributed by atoms with E-state index in [4.69, 9.17) is 11.1 Å². The van der Waals surface area contributed by atoms with Crippen molar-refractivity contribution in [2.75, 3.05) is 32.1 Å². The van der Waals surface area contributed by atoms with Crippen molar-refractivity contribution < 1.29 is 0 Å². The summed E-state index contributed by atoms with van der Waals surface area (Å²) in [5.74, 6) is 0.144. The number of amidine groups is 1. The Labute approximate surface area is 115 Å². The Morgan fingerprint density at radius 3 is 2.53 bits per heavy atom. The van der Waals surface area contributed by atoms with E-state index in [0.29, 0.717) is 6.04 Å². The highest BCUT2D eigenvalue weighted by Crippen LogP contribution is 2.23. The minimum Gasteiger partial charge on any atom is -0.384 e. The van der Waals surface area contributed by atoms with Gasteiger partial charge in [-0.3, -0.25) is 5.41 Å². The van der Waals surface area contributed by atoms with Crippen molar-refractivity contribution >= 4 is 11.5 Å². The zero-order valence-corrected chi connectivity index (χ0v) is 12.1. The monoisotopic (exact) mass is 260 g/mol. The second-order valence-electron chi connectivity index (χ2n) is 5.56. The molecule has 0 aromatic heterocycles. The van der Waals surface area contributed by atoms with Gasteiger partial charge < -0.3 is 15.5 Å². The van der Waals surface area contributed by atoms with E-state index in [0.717, 1.165) is 11.1 Å². The lowest BCUT2D eigenvalue weighted by Gasteiger charge is -2.36. The molecule has 0 aliphatic carbocycles. The van der Waals surface area contributed by atoms with E-state index in [1.165, 1.54) is 31.6 Å². The van der Waals surface area contributed by atoms with E-state index in [2.05, 4.69) is 36.0 Å². The fourth-order valence-corrected chi connectivity index (χ4v) is 2.76. The average Bonchev–Trinajstić information content (AvgIpc) is 2.38. The minimum atomic E-state index is 0.144. The van der Waals surface area contributed by atoms with Crippen LogP contribution in [0.15, 0.2) is 18.2 Å². The molecular weight excluding hydrogens is 236 g/mol. The van der Waals surface area contributed by atoms with Crippen LogP contribution in [-0.2, 0) is 0 Å². The molecule has 1 aromatic rings. The minimum absolute atomic E-state index is 0.144. The molecule has 0 amide bonds. The number of aryl methyl sites for hydroxylation is 1. The summed E-state index contributed by atoms with van der Waals surface area (Å²) in [7, 11) is 4.35. The molecule has 1 saturated heterocycles. The van der Waals surface area contributed by atoms with Crippen molar-refractivity contribution in [1.29, 1.82) is 5.41 Å². The Balaban J connectivity index is 2.13. The summed E-state index contributed by atoms with van der Waals surface area (Å²) in [5, 5.41) is 7.53. The quantitative estimate of drug-likeness (QED) is 0.644. The first-order valence-corrected chi connectivity index (χ1v) is 6.85. The molecule has 1 aromatic carbocycles. The van der Waals surface area contributed by atoms with Crippen LogP contribution in [-0.4, -0.2) is 44.0 Å². The Hall–Kier alpha value is -1.55. The lowest BCUT2D eigenvalue weighted by molar-refractivity contribution is 0.253. The molecule has 104 valence electrons. The van der Waals surface area contributed by atoms with Crippen molar-refractivity contribution in [3.8, 4) is 0 Å². The highest BCUT2D eigenvalue weighted by Gasteiger charge is 2.21. The number of piperidine rings is 1. The van der Waals surface area contributed by atoms with Crippen LogP contribution in [0.1, 0.15) is 24.0 Å². The lowest BCUT2D eigenvalue weighted by Crippen LogP contribution is -2.42. The van der Waals surface area contributed by atoms with Crippen LogP contribution in [0.2, 0.25) is 0 Å². The van der Waals surface area contributed by atoms with Crippen LogP contribution < -0.4 is 10.6 Å². The van der Waals surface area contributed by atoms with Gasteiger partial charge in [-0.1, -0.05) is 0 Å². The molecule has 0 saturated carbocycles. The van der Waals surface area contributed by atoms with Gasteiger partial charge in [-0.15, -0.1) is 0 Å². The maximum Gasteiger partial charge on any atom is 0.123 e. The van der Waals surface area contributed by atoms with Crippen molar-refractivity contribution in [2.24, 2.45) is 5.73 Å². The third-order valence-electron chi connectivity index (χ3n) is 4.14. The van der Waals surface area contributed by atoms with Gasteiger partial charge in [-0.05, 0) is 63.7 Å². The molecule has 0 unspecified atom stereocenters. The van der Waals surface area contributed by atoms with Gasteiger partial charge in [0, 0.05) is 24.3 Å². The zero-order chi connectivity index (χ0) is 14.0. The standard InChI is InChI=1S/C15H24N4/c1-11-10-13(4-5-14(11)15(16)17)19(3)12-6-8-18(2)9-7-12/h4-5,10,12H,6-9H2,1-3H3,(H3,16,17). The summed E-state index contributed by atoms with van der Waals surface area (Å²) >= 11 is 0. The van der Waals surface area contributed by atoms with Crippen molar-refractivity contribution in [1.82, 2.24) is 4.90 Å². The van der Waals surface area contributed by atoms with E-state index >= 15 is 0 Å². The first kappa shape index (κ1) is 13.9. The van der Waals surface area contributed by atoms with Gasteiger partial charge in [0.15, 0.2) is 0 Å². The topological polar surface area (TPSA) is 56.4 Å². The van der Waals surface area contributed by atoms with Crippen LogP contribution >= 0.6 is 0 Å². The van der Waals surface area contributed by atoms with Gasteiger partial charge >= 0.3 is 0 Å². The van der Waals surface area contributed by atoms with Gasteiger partial charge in [0.1, 0.15) is 5.84 Å². The number of likely N-dealkylation sites (tertiary alicyclic amines) is 1. The van der Waals surface area contributed by atoms with E-state index in [1.807, 2.05) is 13.0 Å². The molecule has 0 radical (unpaired) electrons. The third kappa shape index (κ3) is 3.07. The number of nitrogen functional groups attached to an aromatic ring is 1. The highest BCUT2D eigenvalue weighted by atomic mass is 15.2. The van der Waals surface area contributed by atoms with Gasteiger partial charge in [0.2, 0.25) is 0 Å². The van der Waals surface area contributed by atoms with E-state index < -0.39 is 0 Å². The van der Waals surface area contributed by atoms with Crippen LogP contribution in [0.3, 0.4) is 0 Å². The number of anilines is 1. The summed E-state index contributed by atoms with van der Waals surface area (Å²) in [6, 6.07) is 6.77. The molecule has 3 N–H and O–H groups in total. The maximum absolute atomic E-state index is 7.53. The molecule has 4 nitrogen and oxygen atoms in total. The summed E-state index contributed by atoms with van der Waals surface area (Å²) in [6.07, 6.45) is 2.42. The number of rotatable bonds is 3. The summed E-state index contributed by atoms with van der Waals surface area (Å²) in [4.78, 5) is 4.75. The average molecular weight is 260 g/mol. The zero-order valence-electron chi connectivity index (χ0n) is 12.1. The Kier molecular flexibility index (Phi) is 4.10.